The van der Waals surface area contributed by atoms with Crippen LogP contribution in [-0.2, 0) is 17.8 Å². The van der Waals surface area contributed by atoms with E-state index < -0.39 is 17.6 Å². The summed E-state index contributed by atoms with van der Waals surface area (Å²) in [6.07, 6.45) is 1.88. The third-order valence-corrected chi connectivity index (χ3v) is 7.52. The van der Waals surface area contributed by atoms with Crippen molar-refractivity contribution in [3.63, 3.8) is 0 Å². The van der Waals surface area contributed by atoms with Crippen molar-refractivity contribution in [3.8, 4) is 0 Å². The quantitative estimate of drug-likeness (QED) is 0.530. The molecule has 192 valence electrons. The van der Waals surface area contributed by atoms with Gasteiger partial charge in [-0.25, -0.2) is 8.78 Å². The van der Waals surface area contributed by atoms with Crippen molar-refractivity contribution in [1.29, 1.82) is 0 Å². The summed E-state index contributed by atoms with van der Waals surface area (Å²) in [4.78, 5) is 19.1. The zero-order valence-electron chi connectivity index (χ0n) is 20.5. The maximum atomic E-state index is 14.1. The minimum atomic E-state index is -0.578. The van der Waals surface area contributed by atoms with Gasteiger partial charge in [0.2, 0.25) is 5.91 Å². The predicted octanol–water partition coefficient (Wildman–Crippen LogP) is 1.71. The van der Waals surface area contributed by atoms with Crippen molar-refractivity contribution in [2.45, 2.75) is 25.8 Å². The van der Waals surface area contributed by atoms with Gasteiger partial charge in [0.15, 0.2) is 11.5 Å². The number of nitrogens with zero attached hydrogens (tertiary/aromatic N) is 7. The number of benzene rings is 1. The van der Waals surface area contributed by atoms with Gasteiger partial charge in [0.1, 0.15) is 17.5 Å². The summed E-state index contributed by atoms with van der Waals surface area (Å²) in [5.41, 5.74) is 6.96. The Hall–Kier alpha value is -3.18. The molecule has 1 aromatic carbocycles. The smallest absolute Gasteiger partial charge is 0.221 e. The Balaban J connectivity index is 1.26. The second-order valence-corrected chi connectivity index (χ2v) is 9.93. The third kappa shape index (κ3) is 5.31. The molecule has 5 rings (SSSR count). The highest BCUT2D eigenvalue weighted by Crippen LogP contribution is 2.29. The molecule has 1 amide bonds. The number of fused-ring (bicyclic) bond motifs is 1. The van der Waals surface area contributed by atoms with Crippen molar-refractivity contribution in [2.75, 3.05) is 51.2 Å². The van der Waals surface area contributed by atoms with Gasteiger partial charge in [-0.1, -0.05) is 6.07 Å². The first-order chi connectivity index (χ1) is 17.4. The number of primary amides is 1. The van der Waals surface area contributed by atoms with E-state index in [1.54, 1.807) is 4.52 Å². The highest BCUT2D eigenvalue weighted by molar-refractivity contribution is 5.77. The van der Waals surface area contributed by atoms with Crippen molar-refractivity contribution >= 4 is 17.4 Å². The molecule has 0 radical (unpaired) electrons. The van der Waals surface area contributed by atoms with Gasteiger partial charge in [-0.3, -0.25) is 9.69 Å². The van der Waals surface area contributed by atoms with E-state index >= 15 is 0 Å². The van der Waals surface area contributed by atoms with Gasteiger partial charge in [0.25, 0.3) is 0 Å². The SMILES string of the molecule is CN1CCN(c2ccc3nnc(CC(C(N)=O)C4CCN(Cc5ccc(F)cc5F)CC4)n3n2)CC1. The van der Waals surface area contributed by atoms with E-state index in [0.717, 1.165) is 50.9 Å². The summed E-state index contributed by atoms with van der Waals surface area (Å²) < 4.78 is 29.0. The molecular formula is C25H32F2N8O. The molecule has 11 heteroatoms. The van der Waals surface area contributed by atoms with Crippen LogP contribution in [0.15, 0.2) is 30.3 Å². The number of piperidine rings is 1. The van der Waals surface area contributed by atoms with Crippen LogP contribution in [-0.4, -0.2) is 81.8 Å². The molecule has 1 atom stereocenters. The van der Waals surface area contributed by atoms with E-state index in [1.165, 1.54) is 12.1 Å². The number of carbonyl (C=O) groups excluding carboxylic acids is 1. The highest BCUT2D eigenvalue weighted by Gasteiger charge is 2.32. The van der Waals surface area contributed by atoms with Crippen LogP contribution in [0, 0.1) is 23.5 Å². The molecule has 3 aromatic rings. The fourth-order valence-corrected chi connectivity index (χ4v) is 5.26. The van der Waals surface area contributed by atoms with Crippen molar-refractivity contribution in [1.82, 2.24) is 29.6 Å². The van der Waals surface area contributed by atoms with Gasteiger partial charge in [0.05, 0.1) is 0 Å². The van der Waals surface area contributed by atoms with Gasteiger partial charge in [-0.05, 0) is 57.1 Å². The maximum Gasteiger partial charge on any atom is 0.221 e. The lowest BCUT2D eigenvalue weighted by molar-refractivity contribution is -0.124. The largest absolute Gasteiger partial charge is 0.369 e. The van der Waals surface area contributed by atoms with Crippen LogP contribution in [0.5, 0.6) is 0 Å². The fraction of sp³-hybridized carbons (Fsp3) is 0.520. The Morgan fingerprint density at radius 2 is 1.81 bits per heavy atom. The Morgan fingerprint density at radius 1 is 1.06 bits per heavy atom. The lowest BCUT2D eigenvalue weighted by Crippen LogP contribution is -2.45. The lowest BCUT2D eigenvalue weighted by atomic mass is 9.81. The van der Waals surface area contributed by atoms with Crippen LogP contribution in [0.1, 0.15) is 24.2 Å². The number of aromatic nitrogens is 4. The van der Waals surface area contributed by atoms with Crippen LogP contribution in [0.4, 0.5) is 14.6 Å². The Bertz CT molecular complexity index is 1220. The Labute approximate surface area is 208 Å². The molecule has 0 saturated carbocycles. The highest BCUT2D eigenvalue weighted by atomic mass is 19.1. The second kappa shape index (κ2) is 10.4. The lowest BCUT2D eigenvalue weighted by Gasteiger charge is -2.35. The van der Waals surface area contributed by atoms with E-state index in [9.17, 15) is 13.6 Å². The van der Waals surface area contributed by atoms with Gasteiger partial charge in [-0.2, -0.15) is 4.52 Å². The van der Waals surface area contributed by atoms with E-state index in [0.29, 0.717) is 43.1 Å². The zero-order valence-corrected chi connectivity index (χ0v) is 20.5. The predicted molar refractivity (Wildman–Crippen MR) is 131 cm³/mol. The average Bonchev–Trinajstić information content (AvgIpc) is 3.27. The summed E-state index contributed by atoms with van der Waals surface area (Å²) in [7, 11) is 2.11. The van der Waals surface area contributed by atoms with Crippen LogP contribution >= 0.6 is 0 Å². The van der Waals surface area contributed by atoms with Gasteiger partial charge >= 0.3 is 0 Å². The molecule has 2 fully saturated rings. The monoisotopic (exact) mass is 498 g/mol. The molecule has 1 unspecified atom stereocenters. The first kappa shape index (κ1) is 24.5. The zero-order chi connectivity index (χ0) is 25.2. The number of hydrogen-bond acceptors (Lipinski definition) is 7. The molecule has 2 aliphatic heterocycles. The number of rotatable bonds is 7. The first-order valence-corrected chi connectivity index (χ1v) is 12.5. The van der Waals surface area contributed by atoms with Crippen LogP contribution < -0.4 is 10.6 Å². The fourth-order valence-electron chi connectivity index (χ4n) is 5.26. The summed E-state index contributed by atoms with van der Waals surface area (Å²) in [6.45, 7) is 5.58. The topological polar surface area (TPSA) is 95.9 Å². The summed E-state index contributed by atoms with van der Waals surface area (Å²) in [6, 6.07) is 7.55. The number of halogens is 2. The number of likely N-dealkylation sites (tertiary alicyclic amines) is 1. The Morgan fingerprint density at radius 3 is 2.50 bits per heavy atom. The normalized spacial score (nSPS) is 19.1. The number of likely N-dealkylation sites (N-methyl/N-ethyl adjacent to an activating group) is 1. The Kier molecular flexibility index (Phi) is 7.10. The van der Waals surface area contributed by atoms with Gasteiger partial charge in [-0.15, -0.1) is 15.3 Å². The minimum absolute atomic E-state index is 0.0879. The number of piperazine rings is 1. The molecule has 2 aromatic heterocycles. The number of carbonyl (C=O) groups is 1. The molecule has 0 spiro atoms. The van der Waals surface area contributed by atoms with Gasteiger partial charge in [0, 0.05) is 56.7 Å². The maximum absolute atomic E-state index is 14.1. The van der Waals surface area contributed by atoms with Crippen LogP contribution in [0.2, 0.25) is 0 Å². The first-order valence-electron chi connectivity index (χ1n) is 12.5. The third-order valence-electron chi connectivity index (χ3n) is 7.52. The van der Waals surface area contributed by atoms with Gasteiger partial charge < -0.3 is 15.5 Å². The molecule has 0 bridgehead atoms. The molecule has 36 heavy (non-hydrogen) atoms. The van der Waals surface area contributed by atoms with E-state index in [1.807, 2.05) is 12.1 Å². The standard InChI is InChI=1S/C25H32F2N8O/c1-32-10-12-34(13-11-32)23-5-4-22-29-30-24(35(22)31-23)15-20(25(28)36)17-6-8-33(9-7-17)16-18-2-3-19(26)14-21(18)27/h2-5,14,17,20H,6-13,15-16H2,1H3,(H2,28,36). The molecule has 0 aliphatic carbocycles. The summed E-state index contributed by atoms with van der Waals surface area (Å²) in [5, 5.41) is 13.4. The molecule has 9 nitrogen and oxygen atoms in total. The van der Waals surface area contributed by atoms with Crippen LogP contribution in [0.25, 0.3) is 5.65 Å². The van der Waals surface area contributed by atoms with Crippen LogP contribution in [0.3, 0.4) is 0 Å². The minimum Gasteiger partial charge on any atom is -0.369 e. The molecule has 4 heterocycles. The number of nitrogens with two attached hydrogens (primary N) is 1. The molecule has 2 N–H and O–H groups in total. The van der Waals surface area contributed by atoms with Crippen molar-refractivity contribution < 1.29 is 13.6 Å². The molecule has 2 saturated heterocycles. The van der Waals surface area contributed by atoms with E-state index in [-0.39, 0.29) is 11.8 Å². The summed E-state index contributed by atoms with van der Waals surface area (Å²) in [5.74, 6) is -0.278. The second-order valence-electron chi connectivity index (χ2n) is 9.93. The van der Waals surface area contributed by atoms with Crippen molar-refractivity contribution in [2.24, 2.45) is 17.6 Å². The number of anilines is 1. The van der Waals surface area contributed by atoms with E-state index in [4.69, 9.17) is 10.8 Å². The molecular weight excluding hydrogens is 466 g/mol. The number of amides is 1. The number of hydrogen-bond donors (Lipinski definition) is 1. The summed E-state index contributed by atoms with van der Waals surface area (Å²) >= 11 is 0. The van der Waals surface area contributed by atoms with E-state index in [2.05, 4.69) is 31.9 Å². The molecule has 2 aliphatic rings. The average molecular weight is 499 g/mol. The van der Waals surface area contributed by atoms with Crippen molar-refractivity contribution in [3.05, 3.63) is 53.4 Å².